The number of carboxylic acids is 1. The second-order valence-electron chi connectivity index (χ2n) is 6.52. The van der Waals surface area contributed by atoms with E-state index in [0.29, 0.717) is 25.3 Å². The molecule has 2 aromatic carbocycles. The van der Waals surface area contributed by atoms with Gasteiger partial charge in [-0.2, -0.15) is 0 Å². The number of nitrogens with zero attached hydrogens (tertiary/aromatic N) is 1. The Morgan fingerprint density at radius 3 is 2.30 bits per heavy atom. The molecular formula is C22H27NO4. The molecule has 0 heterocycles. The van der Waals surface area contributed by atoms with E-state index in [4.69, 9.17) is 9.84 Å². The van der Waals surface area contributed by atoms with Crippen LogP contribution in [0.3, 0.4) is 0 Å². The van der Waals surface area contributed by atoms with Gasteiger partial charge in [-0.15, -0.1) is 0 Å². The van der Waals surface area contributed by atoms with Crippen LogP contribution in [-0.4, -0.2) is 35.0 Å². The van der Waals surface area contributed by atoms with Gasteiger partial charge in [-0.25, -0.2) is 0 Å². The molecule has 1 N–H and O–H groups in total. The van der Waals surface area contributed by atoms with Crippen LogP contribution in [-0.2, 0) is 22.6 Å². The highest BCUT2D eigenvalue weighted by Crippen LogP contribution is 2.15. The van der Waals surface area contributed by atoms with Gasteiger partial charge < -0.3 is 14.7 Å². The first-order valence-corrected chi connectivity index (χ1v) is 9.27. The third-order valence-corrected chi connectivity index (χ3v) is 4.28. The summed E-state index contributed by atoms with van der Waals surface area (Å²) in [5, 5.41) is 8.61. The zero-order valence-electron chi connectivity index (χ0n) is 15.8. The minimum absolute atomic E-state index is 0.0667. The Morgan fingerprint density at radius 1 is 0.963 bits per heavy atom. The molecule has 0 saturated carbocycles. The lowest BCUT2D eigenvalue weighted by Gasteiger charge is -2.21. The van der Waals surface area contributed by atoms with Crippen molar-refractivity contribution in [1.29, 1.82) is 0 Å². The molecule has 27 heavy (non-hydrogen) atoms. The number of carboxylic acid groups (broad SMARTS) is 1. The Morgan fingerprint density at radius 2 is 1.67 bits per heavy atom. The summed E-state index contributed by atoms with van der Waals surface area (Å²) in [7, 11) is 0. The van der Waals surface area contributed by atoms with Gasteiger partial charge in [0.2, 0.25) is 5.91 Å². The number of carbonyl (C=O) groups is 2. The van der Waals surface area contributed by atoms with Crippen molar-refractivity contribution in [2.24, 2.45) is 0 Å². The van der Waals surface area contributed by atoms with Crippen LogP contribution in [0.2, 0.25) is 0 Å². The molecule has 0 aliphatic heterocycles. The molecule has 0 aromatic heterocycles. The van der Waals surface area contributed by atoms with E-state index in [1.807, 2.05) is 47.4 Å². The van der Waals surface area contributed by atoms with E-state index in [0.717, 1.165) is 24.9 Å². The van der Waals surface area contributed by atoms with Gasteiger partial charge in [0.05, 0.1) is 6.61 Å². The molecule has 5 nitrogen and oxygen atoms in total. The number of aryl methyl sites for hydroxylation is 1. The first-order valence-electron chi connectivity index (χ1n) is 9.27. The Balaban J connectivity index is 1.79. The number of amides is 1. The maximum atomic E-state index is 11.9. The summed E-state index contributed by atoms with van der Waals surface area (Å²) in [6.07, 6.45) is 2.47. The number of carbonyl (C=O) groups excluding carboxylic acids is 1. The zero-order valence-corrected chi connectivity index (χ0v) is 15.8. The normalized spacial score (nSPS) is 10.4. The maximum absolute atomic E-state index is 11.9. The summed E-state index contributed by atoms with van der Waals surface area (Å²) in [4.78, 5) is 24.3. The predicted molar refractivity (Wildman–Crippen MR) is 105 cm³/mol. The van der Waals surface area contributed by atoms with Crippen molar-refractivity contribution < 1.29 is 19.4 Å². The van der Waals surface area contributed by atoms with Crippen LogP contribution < -0.4 is 4.74 Å². The molecule has 0 aliphatic carbocycles. The Kier molecular flexibility index (Phi) is 8.36. The fourth-order valence-corrected chi connectivity index (χ4v) is 2.79. The first-order chi connectivity index (χ1) is 13.0. The highest BCUT2D eigenvalue weighted by Gasteiger charge is 2.09. The van der Waals surface area contributed by atoms with E-state index in [2.05, 4.69) is 12.1 Å². The highest BCUT2D eigenvalue weighted by molar-refractivity contribution is 5.73. The van der Waals surface area contributed by atoms with Gasteiger partial charge in [-0.3, -0.25) is 9.59 Å². The third-order valence-electron chi connectivity index (χ3n) is 4.28. The smallest absolute Gasteiger partial charge is 0.303 e. The average Bonchev–Trinajstić information content (AvgIpc) is 2.66. The molecule has 0 unspecified atom stereocenters. The molecule has 2 aromatic rings. The van der Waals surface area contributed by atoms with Crippen molar-refractivity contribution in [2.75, 3.05) is 13.2 Å². The molecule has 0 spiro atoms. The molecule has 0 fully saturated rings. The SMILES string of the molecule is CC(=O)N(CCCc1ccccc1)Cc1ccc(OCCCC(=O)O)cc1. The number of benzene rings is 2. The second-order valence-corrected chi connectivity index (χ2v) is 6.52. The second kappa shape index (κ2) is 11.0. The number of hydrogen-bond donors (Lipinski definition) is 1. The summed E-state index contributed by atoms with van der Waals surface area (Å²) in [6, 6.07) is 17.9. The minimum Gasteiger partial charge on any atom is -0.494 e. The fourth-order valence-electron chi connectivity index (χ4n) is 2.79. The Hall–Kier alpha value is -2.82. The number of rotatable bonds is 11. The number of ether oxygens (including phenoxy) is 1. The van der Waals surface area contributed by atoms with Crippen LogP contribution in [0.5, 0.6) is 5.75 Å². The van der Waals surface area contributed by atoms with Crippen molar-refractivity contribution in [3.8, 4) is 5.75 Å². The monoisotopic (exact) mass is 369 g/mol. The first kappa shape index (κ1) is 20.5. The maximum Gasteiger partial charge on any atom is 0.303 e. The summed E-state index contributed by atoms with van der Waals surface area (Å²) >= 11 is 0. The van der Waals surface area contributed by atoms with Crippen molar-refractivity contribution in [3.63, 3.8) is 0 Å². The van der Waals surface area contributed by atoms with Crippen LogP contribution in [0.1, 0.15) is 37.3 Å². The minimum atomic E-state index is -0.814. The van der Waals surface area contributed by atoms with Gasteiger partial charge in [-0.05, 0) is 42.5 Å². The Bertz CT molecular complexity index is 713. The molecule has 144 valence electrons. The van der Waals surface area contributed by atoms with Gasteiger partial charge in [0.15, 0.2) is 0 Å². The van der Waals surface area contributed by atoms with Crippen molar-refractivity contribution >= 4 is 11.9 Å². The lowest BCUT2D eigenvalue weighted by atomic mass is 10.1. The largest absolute Gasteiger partial charge is 0.494 e. The lowest BCUT2D eigenvalue weighted by molar-refractivity contribution is -0.137. The quantitative estimate of drug-likeness (QED) is 0.610. The standard InChI is InChI=1S/C22H27NO4/c1-18(24)23(15-5-9-19-7-3-2-4-8-19)17-20-11-13-21(14-12-20)27-16-6-10-22(25)26/h2-4,7-8,11-14H,5-6,9-10,15-17H2,1H3,(H,25,26). The molecular weight excluding hydrogens is 342 g/mol. The van der Waals surface area contributed by atoms with Gasteiger partial charge in [0, 0.05) is 26.4 Å². The van der Waals surface area contributed by atoms with Crippen LogP contribution in [0, 0.1) is 0 Å². The van der Waals surface area contributed by atoms with Gasteiger partial charge in [0.1, 0.15) is 5.75 Å². The van der Waals surface area contributed by atoms with Gasteiger partial charge >= 0.3 is 5.97 Å². The zero-order chi connectivity index (χ0) is 19.5. The molecule has 0 bridgehead atoms. The van der Waals surface area contributed by atoms with Crippen LogP contribution in [0.25, 0.3) is 0 Å². The van der Waals surface area contributed by atoms with E-state index >= 15 is 0 Å². The molecule has 1 amide bonds. The van der Waals surface area contributed by atoms with E-state index in [-0.39, 0.29) is 12.3 Å². The lowest BCUT2D eigenvalue weighted by Crippen LogP contribution is -2.29. The number of hydrogen-bond acceptors (Lipinski definition) is 3. The summed E-state index contributed by atoms with van der Waals surface area (Å²) < 4.78 is 5.53. The highest BCUT2D eigenvalue weighted by atomic mass is 16.5. The van der Waals surface area contributed by atoms with Crippen molar-refractivity contribution in [3.05, 3.63) is 65.7 Å². The van der Waals surface area contributed by atoms with Crippen molar-refractivity contribution in [1.82, 2.24) is 4.90 Å². The van der Waals surface area contributed by atoms with E-state index < -0.39 is 5.97 Å². The van der Waals surface area contributed by atoms with E-state index in [9.17, 15) is 9.59 Å². The Labute approximate surface area is 160 Å². The summed E-state index contributed by atoms with van der Waals surface area (Å²) in [6.45, 7) is 3.27. The fraction of sp³-hybridized carbons (Fsp3) is 0.364. The van der Waals surface area contributed by atoms with Crippen molar-refractivity contribution in [2.45, 2.75) is 39.2 Å². The summed E-state index contributed by atoms with van der Waals surface area (Å²) in [5.74, 6) is -0.0369. The third kappa shape index (κ3) is 7.94. The van der Waals surface area contributed by atoms with Crippen LogP contribution >= 0.6 is 0 Å². The molecule has 5 heteroatoms. The number of aliphatic carboxylic acids is 1. The van der Waals surface area contributed by atoms with Crippen LogP contribution in [0.15, 0.2) is 54.6 Å². The van der Waals surface area contributed by atoms with Gasteiger partial charge in [-0.1, -0.05) is 42.5 Å². The molecule has 0 atom stereocenters. The topological polar surface area (TPSA) is 66.8 Å². The van der Waals surface area contributed by atoms with E-state index in [1.54, 1.807) is 6.92 Å². The van der Waals surface area contributed by atoms with E-state index in [1.165, 1.54) is 5.56 Å². The molecule has 2 rings (SSSR count). The molecule has 0 radical (unpaired) electrons. The predicted octanol–water partition coefficient (Wildman–Crippen LogP) is 3.91. The molecule has 0 aliphatic rings. The van der Waals surface area contributed by atoms with Crippen LogP contribution in [0.4, 0.5) is 0 Å². The van der Waals surface area contributed by atoms with Gasteiger partial charge in [0.25, 0.3) is 0 Å². The summed E-state index contributed by atoms with van der Waals surface area (Å²) in [5.41, 5.74) is 2.33. The average molecular weight is 369 g/mol. The molecule has 0 saturated heterocycles.